The number of hydrogen-bond acceptors (Lipinski definition) is 1. The fraction of sp³-hybridized carbons (Fsp3) is 0.750. The summed E-state index contributed by atoms with van der Waals surface area (Å²) in [6.45, 7) is 4.88. The van der Waals surface area contributed by atoms with Crippen LogP contribution in [0.5, 0.6) is 0 Å². The van der Waals surface area contributed by atoms with Gasteiger partial charge in [0.25, 0.3) is 0 Å². The van der Waals surface area contributed by atoms with E-state index in [2.05, 4.69) is 30.2 Å². The van der Waals surface area contributed by atoms with Crippen LogP contribution >= 0.6 is 0 Å². The molecule has 0 aromatic heterocycles. The van der Waals surface area contributed by atoms with Gasteiger partial charge >= 0.3 is 0 Å². The first-order valence-corrected chi connectivity index (χ1v) is 7.95. The molecule has 1 rings (SSSR count). The van der Waals surface area contributed by atoms with Crippen LogP contribution in [0.4, 0.5) is 0 Å². The summed E-state index contributed by atoms with van der Waals surface area (Å²) in [6, 6.07) is 0. The number of nitrogens with zero attached hydrogens (tertiary/aromatic N) is 2. The summed E-state index contributed by atoms with van der Waals surface area (Å²) in [5, 5.41) is 0. The van der Waals surface area contributed by atoms with Gasteiger partial charge in [-0.05, 0) is 12.6 Å². The van der Waals surface area contributed by atoms with Crippen LogP contribution in [0.3, 0.4) is 0 Å². The molecular formula is C12H30N2SiTi-4. The van der Waals surface area contributed by atoms with E-state index in [1.165, 1.54) is 25.7 Å². The first-order valence-electron chi connectivity index (χ1n) is 4.92. The van der Waals surface area contributed by atoms with E-state index in [1.807, 2.05) is 7.05 Å². The summed E-state index contributed by atoms with van der Waals surface area (Å²) in [7, 11) is 2.84. The molecule has 1 aliphatic rings. The van der Waals surface area contributed by atoms with Crippen LogP contribution < -0.4 is 0 Å². The molecule has 0 unspecified atom stereocenters. The second-order valence-electron chi connectivity index (χ2n) is 4.36. The van der Waals surface area contributed by atoms with Crippen molar-refractivity contribution in [3.8, 4) is 0 Å². The van der Waals surface area contributed by atoms with Crippen molar-refractivity contribution in [1.29, 1.82) is 0 Å². The Morgan fingerprint density at radius 1 is 1.06 bits per heavy atom. The van der Waals surface area contributed by atoms with Gasteiger partial charge in [0.05, 0.1) is 0 Å². The summed E-state index contributed by atoms with van der Waals surface area (Å²) < 4.78 is 2.25. The van der Waals surface area contributed by atoms with Crippen LogP contribution in [0.2, 0.25) is 18.6 Å². The van der Waals surface area contributed by atoms with Crippen molar-refractivity contribution in [3.05, 3.63) is 27.7 Å². The number of hydrogen-bond donors (Lipinski definition) is 0. The van der Waals surface area contributed by atoms with Gasteiger partial charge in [0.1, 0.15) is 8.24 Å². The Morgan fingerprint density at radius 2 is 1.44 bits per heavy atom. The zero-order valence-electron chi connectivity index (χ0n) is 12.3. The average Bonchev–Trinajstić information content (AvgIpc) is 2.55. The third-order valence-electron chi connectivity index (χ3n) is 3.49. The molecule has 1 saturated carbocycles. The van der Waals surface area contributed by atoms with E-state index in [-0.39, 0.29) is 44.0 Å². The number of rotatable bonds is 3. The minimum atomic E-state index is -1.21. The third kappa shape index (κ3) is 5.97. The summed E-state index contributed by atoms with van der Waals surface area (Å²) in [4.78, 5) is 0. The molecule has 2 nitrogen and oxygen atoms in total. The molecule has 0 aliphatic heterocycles. The molecule has 0 spiro atoms. The summed E-state index contributed by atoms with van der Waals surface area (Å²) in [5.74, 6) is 0. The maximum Gasteiger partial charge on any atom is 0.107 e. The van der Waals surface area contributed by atoms with E-state index in [4.69, 9.17) is 0 Å². The van der Waals surface area contributed by atoms with E-state index in [0.717, 1.165) is 5.54 Å². The van der Waals surface area contributed by atoms with Gasteiger partial charge < -0.3 is 32.4 Å². The van der Waals surface area contributed by atoms with Crippen molar-refractivity contribution >= 4 is 8.24 Å². The normalized spacial score (nSPS) is 15.6. The van der Waals surface area contributed by atoms with Crippen LogP contribution in [-0.4, -0.2) is 27.0 Å². The average molecular weight is 278 g/mol. The Hall–Kier alpha value is 0.851. The van der Waals surface area contributed by atoms with E-state index >= 15 is 0 Å². The quantitative estimate of drug-likeness (QED) is 0.426. The molecular weight excluding hydrogens is 248 g/mol. The standard InChI is InChI=1S/C9H21N2Si.3CH3.Ti/c1-10-11(2)12(3,4)9-7-5-6-8-9;;;;/h9H,5-8H2,1-4H3;3*1H3;/q4*-1;. The van der Waals surface area contributed by atoms with Gasteiger partial charge in [-0.1, -0.05) is 38.8 Å². The first kappa shape index (κ1) is 25.6. The molecule has 0 aromatic carbocycles. The molecule has 0 aromatic rings. The molecule has 0 saturated heterocycles. The molecule has 0 heterocycles. The van der Waals surface area contributed by atoms with Gasteiger partial charge in [-0.25, -0.2) is 0 Å². The van der Waals surface area contributed by atoms with Crippen LogP contribution in [0.15, 0.2) is 0 Å². The minimum absolute atomic E-state index is 0. The van der Waals surface area contributed by atoms with Crippen molar-refractivity contribution in [3.63, 3.8) is 0 Å². The minimum Gasteiger partial charge on any atom is -0.605 e. The Morgan fingerprint density at radius 3 is 1.75 bits per heavy atom. The van der Waals surface area contributed by atoms with E-state index in [0.29, 0.717) is 0 Å². The van der Waals surface area contributed by atoms with Gasteiger partial charge in [0, 0.05) is 21.7 Å². The molecule has 0 radical (unpaired) electrons. The summed E-state index contributed by atoms with van der Waals surface area (Å²) >= 11 is 0. The largest absolute Gasteiger partial charge is 0.605 e. The van der Waals surface area contributed by atoms with Crippen molar-refractivity contribution in [1.82, 2.24) is 4.67 Å². The monoisotopic (exact) mass is 278 g/mol. The van der Waals surface area contributed by atoms with Gasteiger partial charge in [-0.3, -0.25) is 0 Å². The second-order valence-corrected chi connectivity index (χ2v) is 9.13. The molecule has 100 valence electrons. The molecule has 0 bridgehead atoms. The fourth-order valence-electron chi connectivity index (χ4n) is 2.15. The zero-order chi connectivity index (χ0) is 9.19. The molecule has 4 heteroatoms. The SMILES string of the molecule is C[N-]N(C)[Si](C)(C)C1CCCC1.[CH3-].[CH3-].[CH3-].[Ti]. The van der Waals surface area contributed by atoms with Gasteiger partial charge in [0.15, 0.2) is 0 Å². The maximum atomic E-state index is 4.30. The molecule has 1 aliphatic carbocycles. The molecule has 0 atom stereocenters. The summed E-state index contributed by atoms with van der Waals surface area (Å²) in [5.41, 5.74) is 5.28. The third-order valence-corrected chi connectivity index (χ3v) is 7.93. The summed E-state index contributed by atoms with van der Waals surface area (Å²) in [6.07, 6.45) is 5.77. The molecule has 1 fully saturated rings. The van der Waals surface area contributed by atoms with Crippen molar-refractivity contribution in [2.75, 3.05) is 14.1 Å². The van der Waals surface area contributed by atoms with Crippen LogP contribution in [0.1, 0.15) is 25.7 Å². The van der Waals surface area contributed by atoms with Crippen LogP contribution in [0.25, 0.3) is 5.43 Å². The molecule has 16 heavy (non-hydrogen) atoms. The van der Waals surface area contributed by atoms with Gasteiger partial charge in [0.2, 0.25) is 0 Å². The Labute approximate surface area is 121 Å². The first-order chi connectivity index (χ1) is 5.59. The van der Waals surface area contributed by atoms with Crippen LogP contribution in [0, 0.1) is 22.3 Å². The van der Waals surface area contributed by atoms with E-state index in [9.17, 15) is 0 Å². The maximum absolute atomic E-state index is 4.30. The predicted molar refractivity (Wildman–Crippen MR) is 76.0 cm³/mol. The predicted octanol–water partition coefficient (Wildman–Crippen LogP) is 4.33. The fourth-order valence-corrected chi connectivity index (χ4v) is 5.02. The van der Waals surface area contributed by atoms with E-state index < -0.39 is 8.24 Å². The van der Waals surface area contributed by atoms with Crippen molar-refractivity contribution in [2.24, 2.45) is 0 Å². The second kappa shape index (κ2) is 11.0. The van der Waals surface area contributed by atoms with Crippen LogP contribution in [-0.2, 0) is 21.7 Å². The van der Waals surface area contributed by atoms with Crippen molar-refractivity contribution in [2.45, 2.75) is 44.3 Å². The smallest absolute Gasteiger partial charge is 0.107 e. The topological polar surface area (TPSA) is 17.3 Å². The van der Waals surface area contributed by atoms with Gasteiger partial charge in [-0.15, -0.1) is 0 Å². The Balaban J connectivity index is -0.000000180. The van der Waals surface area contributed by atoms with Crippen molar-refractivity contribution < 1.29 is 21.7 Å². The van der Waals surface area contributed by atoms with Gasteiger partial charge in [-0.2, -0.15) is 7.05 Å². The zero-order valence-corrected chi connectivity index (χ0v) is 14.9. The molecule has 0 amide bonds. The Bertz CT molecular complexity index is 148. The molecule has 0 N–H and O–H groups in total. The Kier molecular flexibility index (Phi) is 17.6. The van der Waals surface area contributed by atoms with E-state index in [1.54, 1.807) is 0 Å².